The number of nitrogens with one attached hydrogen (secondary N) is 2. The van der Waals surface area contributed by atoms with Crippen LogP contribution in [0.5, 0.6) is 0 Å². The summed E-state index contributed by atoms with van der Waals surface area (Å²) in [6, 6.07) is 12.9. The smallest absolute Gasteiger partial charge is 0.243 e. The summed E-state index contributed by atoms with van der Waals surface area (Å²) in [6.07, 6.45) is 3.50. The molecule has 0 bridgehead atoms. The molecule has 6 nitrogen and oxygen atoms in total. The maximum Gasteiger partial charge on any atom is 0.243 e. The summed E-state index contributed by atoms with van der Waals surface area (Å²) in [5.74, 6) is -2.86. The zero-order valence-electron chi connectivity index (χ0n) is 15.3. The normalized spacial score (nSPS) is 10.6. The fraction of sp³-hybridized carbons (Fsp3) is 0.150. The third-order valence-electron chi connectivity index (χ3n) is 3.85. The van der Waals surface area contributed by atoms with Gasteiger partial charge in [-0.25, -0.2) is 13.8 Å². The van der Waals surface area contributed by atoms with Crippen molar-refractivity contribution >= 4 is 29.3 Å². The molecule has 3 aromatic rings. The largest absolute Gasteiger partial charge is 0.346 e. The minimum Gasteiger partial charge on any atom is -0.346 e. The molecule has 0 spiro atoms. The second-order valence-corrected chi connectivity index (χ2v) is 7.01. The molecule has 0 aliphatic carbocycles. The number of hydrogen-bond acceptors (Lipinski definition) is 4. The first-order chi connectivity index (χ1) is 14.0. The molecule has 0 fully saturated rings. The van der Waals surface area contributed by atoms with E-state index >= 15 is 0 Å². The summed E-state index contributed by atoms with van der Waals surface area (Å²) >= 11 is 1.26. The van der Waals surface area contributed by atoms with E-state index in [0.29, 0.717) is 11.7 Å². The van der Waals surface area contributed by atoms with Crippen LogP contribution in [0, 0.1) is 11.6 Å². The Bertz CT molecular complexity index is 995. The maximum absolute atomic E-state index is 13.1. The highest BCUT2D eigenvalue weighted by molar-refractivity contribution is 7.99. The van der Waals surface area contributed by atoms with E-state index in [1.54, 1.807) is 6.20 Å². The number of benzene rings is 2. The molecule has 2 N–H and O–H groups in total. The molecule has 0 atom stereocenters. The molecule has 9 heteroatoms. The molecule has 0 saturated carbocycles. The molecule has 2 amide bonds. The van der Waals surface area contributed by atoms with E-state index in [1.165, 1.54) is 17.8 Å². The van der Waals surface area contributed by atoms with Crippen molar-refractivity contribution in [2.45, 2.75) is 11.7 Å². The van der Waals surface area contributed by atoms with Gasteiger partial charge in [-0.15, -0.1) is 0 Å². The van der Waals surface area contributed by atoms with Gasteiger partial charge in [-0.3, -0.25) is 9.59 Å². The first kappa shape index (κ1) is 20.5. The van der Waals surface area contributed by atoms with Crippen molar-refractivity contribution in [3.8, 4) is 0 Å². The third-order valence-corrected chi connectivity index (χ3v) is 4.86. The summed E-state index contributed by atoms with van der Waals surface area (Å²) in [5.41, 5.74) is 1.23. The number of halogens is 2. The van der Waals surface area contributed by atoms with Crippen molar-refractivity contribution < 1.29 is 18.4 Å². The highest BCUT2D eigenvalue weighted by Crippen LogP contribution is 2.17. The maximum atomic E-state index is 13.1. The first-order valence-corrected chi connectivity index (χ1v) is 9.69. The van der Waals surface area contributed by atoms with Gasteiger partial charge in [0.1, 0.15) is 0 Å². The monoisotopic (exact) mass is 416 g/mol. The molecule has 0 unspecified atom stereocenters. The Morgan fingerprint density at radius 3 is 2.59 bits per heavy atom. The zero-order valence-corrected chi connectivity index (χ0v) is 16.1. The van der Waals surface area contributed by atoms with Crippen LogP contribution < -0.4 is 10.6 Å². The van der Waals surface area contributed by atoms with Crippen molar-refractivity contribution in [3.63, 3.8) is 0 Å². The lowest BCUT2D eigenvalue weighted by molar-refractivity contribution is -0.122. The first-order valence-electron chi connectivity index (χ1n) is 8.71. The SMILES string of the molecule is O=C(CSc1nccn1Cc1ccccc1)NCC(=O)Nc1ccc(F)c(F)c1. The number of amides is 2. The molecule has 0 saturated heterocycles. The fourth-order valence-electron chi connectivity index (χ4n) is 2.48. The predicted molar refractivity (Wildman–Crippen MR) is 106 cm³/mol. The van der Waals surface area contributed by atoms with E-state index in [2.05, 4.69) is 15.6 Å². The van der Waals surface area contributed by atoms with Crippen LogP contribution in [0.2, 0.25) is 0 Å². The van der Waals surface area contributed by atoms with E-state index in [0.717, 1.165) is 17.7 Å². The van der Waals surface area contributed by atoms with E-state index < -0.39 is 17.5 Å². The average Bonchev–Trinajstić information content (AvgIpc) is 3.15. The molecule has 1 heterocycles. The van der Waals surface area contributed by atoms with Gasteiger partial charge in [0, 0.05) is 30.7 Å². The van der Waals surface area contributed by atoms with Crippen molar-refractivity contribution in [1.82, 2.24) is 14.9 Å². The number of imidazole rings is 1. The molecule has 0 radical (unpaired) electrons. The lowest BCUT2D eigenvalue weighted by Gasteiger charge is -2.09. The molecular weight excluding hydrogens is 398 g/mol. The number of aromatic nitrogens is 2. The number of nitrogens with zero attached hydrogens (tertiary/aromatic N) is 2. The second kappa shape index (κ2) is 9.83. The quantitative estimate of drug-likeness (QED) is 0.554. The van der Waals surface area contributed by atoms with Crippen molar-refractivity contribution in [1.29, 1.82) is 0 Å². The Balaban J connectivity index is 1.44. The van der Waals surface area contributed by atoms with Crippen molar-refractivity contribution in [2.75, 3.05) is 17.6 Å². The van der Waals surface area contributed by atoms with E-state index in [-0.39, 0.29) is 23.9 Å². The summed E-state index contributed by atoms with van der Waals surface area (Å²) in [7, 11) is 0. The predicted octanol–water partition coefficient (Wildman–Crippen LogP) is 3.06. The van der Waals surface area contributed by atoms with Gasteiger partial charge < -0.3 is 15.2 Å². The number of carbonyl (C=O) groups excluding carboxylic acids is 2. The average molecular weight is 416 g/mol. The van der Waals surface area contributed by atoms with Crippen LogP contribution in [-0.4, -0.2) is 33.7 Å². The fourth-order valence-corrected chi connectivity index (χ4v) is 3.26. The summed E-state index contributed by atoms with van der Waals surface area (Å²) in [5, 5.41) is 5.56. The van der Waals surface area contributed by atoms with Gasteiger partial charge >= 0.3 is 0 Å². The minimum absolute atomic E-state index is 0.0876. The molecule has 2 aromatic carbocycles. The molecule has 150 valence electrons. The summed E-state index contributed by atoms with van der Waals surface area (Å²) in [4.78, 5) is 28.1. The van der Waals surface area contributed by atoms with Crippen molar-refractivity contribution in [2.24, 2.45) is 0 Å². The van der Waals surface area contributed by atoms with Gasteiger partial charge in [0.2, 0.25) is 11.8 Å². The third kappa shape index (κ3) is 6.15. The number of anilines is 1. The molecule has 29 heavy (non-hydrogen) atoms. The van der Waals surface area contributed by atoms with Crippen LogP contribution in [0.4, 0.5) is 14.5 Å². The van der Waals surface area contributed by atoms with Crippen LogP contribution in [0.1, 0.15) is 5.56 Å². The van der Waals surface area contributed by atoms with Crippen molar-refractivity contribution in [3.05, 3.63) is 78.1 Å². The van der Waals surface area contributed by atoms with Gasteiger partial charge in [-0.1, -0.05) is 42.1 Å². The van der Waals surface area contributed by atoms with Gasteiger partial charge in [0.25, 0.3) is 0 Å². The Morgan fingerprint density at radius 1 is 1.03 bits per heavy atom. The van der Waals surface area contributed by atoms with Crippen LogP contribution >= 0.6 is 11.8 Å². The molecular formula is C20H18F2N4O2S. The molecule has 0 aliphatic heterocycles. The number of thioether (sulfide) groups is 1. The zero-order chi connectivity index (χ0) is 20.6. The topological polar surface area (TPSA) is 76.0 Å². The highest BCUT2D eigenvalue weighted by Gasteiger charge is 2.11. The summed E-state index contributed by atoms with van der Waals surface area (Å²) in [6.45, 7) is 0.359. The lowest BCUT2D eigenvalue weighted by Crippen LogP contribution is -2.34. The van der Waals surface area contributed by atoms with Crippen LogP contribution in [-0.2, 0) is 16.1 Å². The van der Waals surface area contributed by atoms with Crippen LogP contribution in [0.15, 0.2) is 66.1 Å². The Hall–Kier alpha value is -3.20. The standard InChI is InChI=1S/C20H18F2N4O2S/c21-16-7-6-15(10-17(16)22)25-18(27)11-24-19(28)13-29-20-23-8-9-26(20)12-14-4-2-1-3-5-14/h1-10H,11-13H2,(H,24,28)(H,25,27). The molecule has 0 aliphatic rings. The van der Waals surface area contributed by atoms with Gasteiger partial charge in [0.05, 0.1) is 12.3 Å². The minimum atomic E-state index is -1.06. The van der Waals surface area contributed by atoms with Gasteiger partial charge in [-0.05, 0) is 17.7 Å². The Morgan fingerprint density at radius 2 is 1.83 bits per heavy atom. The number of carbonyl (C=O) groups is 2. The van der Waals surface area contributed by atoms with Gasteiger partial charge in [-0.2, -0.15) is 0 Å². The Labute approximate surface area is 170 Å². The second-order valence-electron chi connectivity index (χ2n) is 6.07. The van der Waals surface area contributed by atoms with E-state index in [1.807, 2.05) is 41.1 Å². The van der Waals surface area contributed by atoms with Crippen LogP contribution in [0.25, 0.3) is 0 Å². The Kier molecular flexibility index (Phi) is 6.96. The number of hydrogen-bond donors (Lipinski definition) is 2. The summed E-state index contributed by atoms with van der Waals surface area (Å²) < 4.78 is 28.0. The molecule has 3 rings (SSSR count). The van der Waals surface area contributed by atoms with E-state index in [9.17, 15) is 18.4 Å². The number of rotatable bonds is 8. The molecule has 1 aromatic heterocycles. The van der Waals surface area contributed by atoms with Gasteiger partial charge in [0.15, 0.2) is 16.8 Å². The highest BCUT2D eigenvalue weighted by atomic mass is 32.2. The lowest BCUT2D eigenvalue weighted by atomic mass is 10.2. The van der Waals surface area contributed by atoms with E-state index in [4.69, 9.17) is 0 Å². The van der Waals surface area contributed by atoms with Crippen LogP contribution in [0.3, 0.4) is 0 Å².